The van der Waals surface area contributed by atoms with Crippen molar-refractivity contribution in [1.82, 2.24) is 10.5 Å². The van der Waals surface area contributed by atoms with Crippen molar-refractivity contribution in [2.24, 2.45) is 0 Å². The topological polar surface area (TPSA) is 93.5 Å². The highest BCUT2D eigenvalue weighted by atomic mass is 32.1. The van der Waals surface area contributed by atoms with Crippen LogP contribution in [-0.2, 0) is 11.3 Å². The normalized spacial score (nSPS) is 10.6. The maximum Gasteiger partial charge on any atom is 0.350 e. The summed E-state index contributed by atoms with van der Waals surface area (Å²) < 4.78 is 9.90. The lowest BCUT2D eigenvalue weighted by Gasteiger charge is -2.06. The maximum atomic E-state index is 12.0. The number of nitrogens with one attached hydrogen (secondary N) is 2. The average molecular weight is 345 g/mol. The van der Waals surface area contributed by atoms with E-state index in [0.717, 1.165) is 10.9 Å². The number of aromatic nitrogens is 1. The van der Waals surface area contributed by atoms with Crippen LogP contribution < -0.4 is 10.6 Å². The summed E-state index contributed by atoms with van der Waals surface area (Å²) in [5, 5.41) is 11.9. The molecule has 0 bridgehead atoms. The van der Waals surface area contributed by atoms with E-state index in [2.05, 4.69) is 20.5 Å². The molecule has 2 aromatic heterocycles. The number of carbonyl (C=O) groups is 2. The Bertz CT molecular complexity index is 900. The summed E-state index contributed by atoms with van der Waals surface area (Å²) in [6.07, 6.45) is 0. The first-order chi connectivity index (χ1) is 11.6. The largest absolute Gasteiger partial charge is 0.465 e. The van der Waals surface area contributed by atoms with Gasteiger partial charge in [0.05, 0.1) is 19.3 Å². The molecule has 0 aliphatic carbocycles. The van der Waals surface area contributed by atoms with Crippen LogP contribution in [0.1, 0.15) is 20.9 Å². The minimum absolute atomic E-state index is 0.208. The Balaban J connectivity index is 1.66. The van der Waals surface area contributed by atoms with Gasteiger partial charge >= 0.3 is 12.0 Å². The van der Waals surface area contributed by atoms with Gasteiger partial charge in [0, 0.05) is 5.39 Å². The molecule has 7 nitrogen and oxygen atoms in total. The zero-order chi connectivity index (χ0) is 17.1. The number of urea groups is 1. The molecule has 124 valence electrons. The number of anilines is 1. The molecule has 3 rings (SSSR count). The van der Waals surface area contributed by atoms with Gasteiger partial charge in [-0.05, 0) is 30.5 Å². The van der Waals surface area contributed by atoms with E-state index in [9.17, 15) is 9.59 Å². The molecule has 2 N–H and O–H groups in total. The molecule has 0 unspecified atom stereocenters. The molecule has 0 saturated heterocycles. The lowest BCUT2D eigenvalue weighted by atomic mass is 10.1. The summed E-state index contributed by atoms with van der Waals surface area (Å²) >= 11 is 1.20. The van der Waals surface area contributed by atoms with Crippen molar-refractivity contribution in [3.8, 4) is 0 Å². The number of thiophene rings is 1. The molecule has 2 heterocycles. The van der Waals surface area contributed by atoms with Crippen molar-refractivity contribution < 1.29 is 18.8 Å². The van der Waals surface area contributed by atoms with E-state index in [4.69, 9.17) is 4.52 Å². The van der Waals surface area contributed by atoms with Crippen LogP contribution in [0.5, 0.6) is 0 Å². The van der Waals surface area contributed by atoms with Gasteiger partial charge in [-0.15, -0.1) is 11.3 Å². The predicted molar refractivity (Wildman–Crippen MR) is 90.3 cm³/mol. The summed E-state index contributed by atoms with van der Waals surface area (Å²) in [6, 6.07) is 6.93. The number of hydrogen-bond donors (Lipinski definition) is 2. The highest BCUT2D eigenvalue weighted by Gasteiger charge is 2.16. The smallest absolute Gasteiger partial charge is 0.350 e. The summed E-state index contributed by atoms with van der Waals surface area (Å²) in [7, 11) is 1.30. The number of nitrogens with zero attached hydrogens (tertiary/aromatic N) is 1. The highest BCUT2D eigenvalue weighted by Crippen LogP contribution is 2.23. The SMILES string of the molecule is COC(=O)c1sccc1NC(=O)NCc1noc2ccc(C)cc12. The minimum Gasteiger partial charge on any atom is -0.465 e. The monoisotopic (exact) mass is 345 g/mol. The molecular formula is C16H15N3O4S. The van der Waals surface area contributed by atoms with Gasteiger partial charge in [0.25, 0.3) is 0 Å². The molecule has 24 heavy (non-hydrogen) atoms. The van der Waals surface area contributed by atoms with Crippen molar-refractivity contribution in [1.29, 1.82) is 0 Å². The summed E-state index contributed by atoms with van der Waals surface area (Å²) in [4.78, 5) is 24.0. The van der Waals surface area contributed by atoms with Gasteiger partial charge in [-0.1, -0.05) is 16.8 Å². The van der Waals surface area contributed by atoms with Crippen molar-refractivity contribution in [2.45, 2.75) is 13.5 Å². The Morgan fingerprint density at radius 1 is 1.33 bits per heavy atom. The fourth-order valence-electron chi connectivity index (χ4n) is 2.22. The van der Waals surface area contributed by atoms with Crippen molar-refractivity contribution >= 4 is 40.0 Å². The lowest BCUT2D eigenvalue weighted by Crippen LogP contribution is -2.28. The third kappa shape index (κ3) is 3.23. The van der Waals surface area contributed by atoms with E-state index < -0.39 is 12.0 Å². The lowest BCUT2D eigenvalue weighted by molar-refractivity contribution is 0.0607. The second-order valence-electron chi connectivity index (χ2n) is 5.09. The average Bonchev–Trinajstić information content (AvgIpc) is 3.18. The number of methoxy groups -OCH3 is 1. The molecule has 0 spiro atoms. The Hall–Kier alpha value is -2.87. The van der Waals surface area contributed by atoms with Gasteiger partial charge in [0.15, 0.2) is 5.58 Å². The number of aryl methyl sites for hydroxylation is 1. The van der Waals surface area contributed by atoms with Crippen LogP contribution in [0.4, 0.5) is 10.5 Å². The van der Waals surface area contributed by atoms with Crippen LogP contribution in [0.15, 0.2) is 34.2 Å². The third-order valence-electron chi connectivity index (χ3n) is 3.40. The van der Waals surface area contributed by atoms with E-state index in [-0.39, 0.29) is 6.54 Å². The number of carbonyl (C=O) groups excluding carboxylic acids is 2. The fraction of sp³-hybridized carbons (Fsp3) is 0.188. The maximum absolute atomic E-state index is 12.0. The first-order valence-corrected chi connectivity index (χ1v) is 8.02. The Morgan fingerprint density at radius 3 is 2.96 bits per heavy atom. The standard InChI is InChI=1S/C16H15N3O4S/c1-9-3-4-13-10(7-9)12(19-23-13)8-17-16(21)18-11-5-6-24-14(11)15(20)22-2/h3-7H,8H2,1-2H3,(H2,17,18,21). The zero-order valence-corrected chi connectivity index (χ0v) is 13.9. The molecule has 0 radical (unpaired) electrons. The minimum atomic E-state index is -0.488. The molecule has 0 aliphatic rings. The number of fused-ring (bicyclic) bond motifs is 1. The van der Waals surface area contributed by atoms with Gasteiger partial charge in [-0.2, -0.15) is 0 Å². The number of ether oxygens (including phenoxy) is 1. The van der Waals surface area contributed by atoms with Gasteiger partial charge in [0.1, 0.15) is 10.6 Å². The number of esters is 1. The number of rotatable bonds is 4. The van der Waals surface area contributed by atoms with E-state index >= 15 is 0 Å². The van der Waals surface area contributed by atoms with E-state index in [0.29, 0.717) is 21.8 Å². The van der Waals surface area contributed by atoms with Crippen LogP contribution >= 0.6 is 11.3 Å². The predicted octanol–water partition coefficient (Wildman–Crippen LogP) is 3.31. The van der Waals surface area contributed by atoms with Crippen LogP contribution in [0, 0.1) is 6.92 Å². The third-order valence-corrected chi connectivity index (χ3v) is 4.30. The van der Waals surface area contributed by atoms with Gasteiger partial charge in [0.2, 0.25) is 0 Å². The Kier molecular flexibility index (Phi) is 4.48. The summed E-state index contributed by atoms with van der Waals surface area (Å²) in [5.74, 6) is -0.488. The Labute approximate surface area is 141 Å². The highest BCUT2D eigenvalue weighted by molar-refractivity contribution is 7.12. The van der Waals surface area contributed by atoms with Gasteiger partial charge in [-0.3, -0.25) is 0 Å². The van der Waals surface area contributed by atoms with E-state index in [1.54, 1.807) is 11.4 Å². The quantitative estimate of drug-likeness (QED) is 0.708. The molecule has 2 amide bonds. The van der Waals surface area contributed by atoms with Crippen LogP contribution in [0.3, 0.4) is 0 Å². The van der Waals surface area contributed by atoms with Gasteiger partial charge < -0.3 is 19.9 Å². The van der Waals surface area contributed by atoms with E-state index in [1.165, 1.54) is 18.4 Å². The molecule has 0 aliphatic heterocycles. The van der Waals surface area contributed by atoms with Crippen LogP contribution in [-0.4, -0.2) is 24.3 Å². The number of amides is 2. The van der Waals surface area contributed by atoms with E-state index in [1.807, 2.05) is 25.1 Å². The molecule has 8 heteroatoms. The molecule has 1 aromatic carbocycles. The Morgan fingerprint density at radius 2 is 2.17 bits per heavy atom. The fourth-order valence-corrected chi connectivity index (χ4v) is 2.98. The first kappa shape index (κ1) is 16.0. The zero-order valence-electron chi connectivity index (χ0n) is 13.1. The number of benzene rings is 1. The second-order valence-corrected chi connectivity index (χ2v) is 6.01. The summed E-state index contributed by atoms with van der Waals surface area (Å²) in [6.45, 7) is 2.18. The molecule has 3 aromatic rings. The molecular weight excluding hydrogens is 330 g/mol. The van der Waals surface area contributed by atoms with Crippen molar-refractivity contribution in [2.75, 3.05) is 12.4 Å². The van der Waals surface area contributed by atoms with Crippen LogP contribution in [0.25, 0.3) is 11.0 Å². The van der Waals surface area contributed by atoms with Crippen molar-refractivity contribution in [3.05, 3.63) is 45.8 Å². The first-order valence-electron chi connectivity index (χ1n) is 7.14. The molecule has 0 atom stereocenters. The second kappa shape index (κ2) is 6.71. The van der Waals surface area contributed by atoms with Crippen LogP contribution in [0.2, 0.25) is 0 Å². The number of hydrogen-bond acceptors (Lipinski definition) is 6. The summed E-state index contributed by atoms with van der Waals surface area (Å²) in [5.41, 5.74) is 2.80. The molecule has 0 saturated carbocycles. The van der Waals surface area contributed by atoms with Gasteiger partial charge in [-0.25, -0.2) is 9.59 Å². The molecule has 0 fully saturated rings. The van der Waals surface area contributed by atoms with Crippen molar-refractivity contribution in [3.63, 3.8) is 0 Å².